The standard InChI is InChI=1S/C29H21ClFNO3S/c30-28-23(16-33)27(14-13-25(28)31)36-26-12-6-1-7-18(26)15-32-29(34)35-17-24-21-10-4-2-8-19(21)20-9-3-5-11-22(20)24/h1-14,16,24H,15,17H2,(H,32,34). The summed E-state index contributed by atoms with van der Waals surface area (Å²) in [5.41, 5.74) is 5.57. The molecule has 0 atom stereocenters. The number of fused-ring (bicyclic) bond motifs is 3. The Morgan fingerprint density at radius 3 is 2.25 bits per heavy atom. The van der Waals surface area contributed by atoms with Gasteiger partial charge in [0.15, 0.2) is 6.29 Å². The lowest BCUT2D eigenvalue weighted by Crippen LogP contribution is -2.25. The number of benzene rings is 4. The smallest absolute Gasteiger partial charge is 0.407 e. The van der Waals surface area contributed by atoms with E-state index in [1.54, 1.807) is 0 Å². The van der Waals surface area contributed by atoms with Crippen LogP contribution in [0.25, 0.3) is 11.1 Å². The van der Waals surface area contributed by atoms with Crippen LogP contribution in [-0.4, -0.2) is 19.0 Å². The van der Waals surface area contributed by atoms with E-state index in [-0.39, 0.29) is 29.7 Å². The Kier molecular flexibility index (Phi) is 7.07. The number of alkyl carbamates (subject to hydrolysis) is 1. The summed E-state index contributed by atoms with van der Waals surface area (Å²) in [5.74, 6) is -0.663. The predicted molar refractivity (Wildman–Crippen MR) is 139 cm³/mol. The summed E-state index contributed by atoms with van der Waals surface area (Å²) >= 11 is 7.25. The van der Waals surface area contributed by atoms with Gasteiger partial charge in [0.1, 0.15) is 12.4 Å². The normalized spacial score (nSPS) is 12.1. The Bertz CT molecular complexity index is 1410. The zero-order valence-electron chi connectivity index (χ0n) is 19.0. The number of carbonyl (C=O) groups is 2. The molecule has 5 rings (SSSR count). The Morgan fingerprint density at radius 1 is 0.917 bits per heavy atom. The minimum Gasteiger partial charge on any atom is -0.449 e. The van der Waals surface area contributed by atoms with E-state index in [4.69, 9.17) is 16.3 Å². The first-order valence-electron chi connectivity index (χ1n) is 11.3. The third kappa shape index (κ3) is 4.74. The molecular formula is C29H21ClFNO3S. The summed E-state index contributed by atoms with van der Waals surface area (Å²) in [4.78, 5) is 25.4. The molecule has 180 valence electrons. The third-order valence-corrected chi connectivity index (χ3v) is 7.75. The molecule has 7 heteroatoms. The minimum atomic E-state index is -0.645. The number of halogens is 2. The van der Waals surface area contributed by atoms with Gasteiger partial charge in [-0.3, -0.25) is 4.79 Å². The van der Waals surface area contributed by atoms with Crippen molar-refractivity contribution in [1.29, 1.82) is 0 Å². The van der Waals surface area contributed by atoms with E-state index < -0.39 is 11.9 Å². The summed E-state index contributed by atoms with van der Waals surface area (Å²) in [6, 6.07) is 26.5. The molecule has 1 aliphatic carbocycles. The molecule has 0 saturated carbocycles. The molecule has 4 aromatic rings. The molecule has 0 saturated heterocycles. The second kappa shape index (κ2) is 10.6. The average Bonchev–Trinajstić information content (AvgIpc) is 3.23. The summed E-state index contributed by atoms with van der Waals surface area (Å²) in [7, 11) is 0. The topological polar surface area (TPSA) is 55.4 Å². The molecule has 36 heavy (non-hydrogen) atoms. The SMILES string of the molecule is O=Cc1c(Sc2ccccc2CNC(=O)OCC2c3ccccc3-c3ccccc32)ccc(F)c1Cl. The molecule has 1 aliphatic rings. The summed E-state index contributed by atoms with van der Waals surface area (Å²) < 4.78 is 19.4. The van der Waals surface area contributed by atoms with Crippen molar-refractivity contribution in [3.05, 3.63) is 118 Å². The first-order chi connectivity index (χ1) is 17.6. The van der Waals surface area contributed by atoms with Crippen molar-refractivity contribution in [2.45, 2.75) is 22.3 Å². The Labute approximate surface area is 217 Å². The van der Waals surface area contributed by atoms with Crippen molar-refractivity contribution in [3.63, 3.8) is 0 Å². The number of hydrogen-bond acceptors (Lipinski definition) is 4. The molecular weight excluding hydrogens is 497 g/mol. The number of rotatable bonds is 7. The molecule has 0 radical (unpaired) electrons. The zero-order chi connectivity index (χ0) is 25.1. The van der Waals surface area contributed by atoms with Crippen molar-refractivity contribution in [1.82, 2.24) is 5.32 Å². The van der Waals surface area contributed by atoms with Gasteiger partial charge in [-0.15, -0.1) is 0 Å². The molecule has 0 unspecified atom stereocenters. The maximum atomic E-state index is 13.8. The number of ether oxygens (including phenoxy) is 1. The van der Waals surface area contributed by atoms with Crippen molar-refractivity contribution in [2.24, 2.45) is 0 Å². The highest BCUT2D eigenvalue weighted by molar-refractivity contribution is 7.99. The molecule has 0 fully saturated rings. The lowest BCUT2D eigenvalue weighted by atomic mass is 9.98. The number of hydrogen-bond donors (Lipinski definition) is 1. The molecule has 0 bridgehead atoms. The number of amides is 1. The van der Waals surface area contributed by atoms with Crippen LogP contribution in [0.3, 0.4) is 0 Å². The van der Waals surface area contributed by atoms with Crippen molar-refractivity contribution < 1.29 is 18.7 Å². The summed E-state index contributed by atoms with van der Waals surface area (Å²) in [5, 5.41) is 2.61. The summed E-state index contributed by atoms with van der Waals surface area (Å²) in [6.45, 7) is 0.457. The van der Waals surface area contributed by atoms with Crippen LogP contribution in [0.4, 0.5) is 9.18 Å². The fraction of sp³-hybridized carbons (Fsp3) is 0.103. The Morgan fingerprint density at radius 2 is 1.56 bits per heavy atom. The van der Waals surface area contributed by atoms with Gasteiger partial charge in [-0.25, -0.2) is 9.18 Å². The van der Waals surface area contributed by atoms with Crippen LogP contribution in [0.5, 0.6) is 0 Å². The largest absolute Gasteiger partial charge is 0.449 e. The van der Waals surface area contributed by atoms with Crippen molar-refractivity contribution in [2.75, 3.05) is 6.61 Å². The second-order valence-corrected chi connectivity index (χ2v) is 9.74. The highest BCUT2D eigenvalue weighted by Gasteiger charge is 2.29. The maximum absolute atomic E-state index is 13.8. The van der Waals surface area contributed by atoms with E-state index in [1.807, 2.05) is 48.5 Å². The van der Waals surface area contributed by atoms with Gasteiger partial charge < -0.3 is 10.1 Å². The van der Waals surface area contributed by atoms with Crippen LogP contribution >= 0.6 is 23.4 Å². The Hall–Kier alpha value is -3.61. The second-order valence-electron chi connectivity index (χ2n) is 8.28. The van der Waals surface area contributed by atoms with Gasteiger partial charge in [0.05, 0.1) is 5.02 Å². The lowest BCUT2D eigenvalue weighted by Gasteiger charge is -2.15. The number of carbonyl (C=O) groups excluding carboxylic acids is 2. The van der Waals surface area contributed by atoms with Crippen LogP contribution in [0.15, 0.2) is 94.7 Å². The van der Waals surface area contributed by atoms with E-state index in [0.29, 0.717) is 11.2 Å². The van der Waals surface area contributed by atoms with E-state index in [0.717, 1.165) is 21.6 Å². The van der Waals surface area contributed by atoms with Crippen LogP contribution in [0.1, 0.15) is 33.0 Å². The van der Waals surface area contributed by atoms with Gasteiger partial charge >= 0.3 is 6.09 Å². The van der Waals surface area contributed by atoms with Gasteiger partial charge in [0.25, 0.3) is 0 Å². The molecule has 0 aromatic heterocycles. The van der Waals surface area contributed by atoms with Crippen molar-refractivity contribution >= 4 is 35.7 Å². The minimum absolute atomic E-state index is 0.0176. The van der Waals surface area contributed by atoms with Crippen LogP contribution in [-0.2, 0) is 11.3 Å². The molecule has 1 amide bonds. The fourth-order valence-corrected chi connectivity index (χ4v) is 5.75. The average molecular weight is 518 g/mol. The lowest BCUT2D eigenvalue weighted by molar-refractivity contribution is 0.112. The third-order valence-electron chi connectivity index (χ3n) is 6.17. The van der Waals surface area contributed by atoms with Crippen LogP contribution < -0.4 is 5.32 Å². The van der Waals surface area contributed by atoms with E-state index >= 15 is 0 Å². The first-order valence-corrected chi connectivity index (χ1v) is 12.5. The van der Waals surface area contributed by atoms with Gasteiger partial charge in [-0.2, -0.15) is 0 Å². The summed E-state index contributed by atoms with van der Waals surface area (Å²) in [6.07, 6.45) is 0.0285. The van der Waals surface area contributed by atoms with E-state index in [2.05, 4.69) is 29.6 Å². The maximum Gasteiger partial charge on any atom is 0.407 e. The quantitative estimate of drug-likeness (QED) is 0.258. The van der Waals surface area contributed by atoms with Crippen LogP contribution in [0, 0.1) is 5.82 Å². The molecule has 0 aliphatic heterocycles. The molecule has 1 N–H and O–H groups in total. The first kappa shape index (κ1) is 24.1. The van der Waals surface area contributed by atoms with Gasteiger partial charge in [-0.1, -0.05) is 90.1 Å². The predicted octanol–water partition coefficient (Wildman–Crippen LogP) is 7.48. The van der Waals surface area contributed by atoms with Gasteiger partial charge in [0.2, 0.25) is 0 Å². The van der Waals surface area contributed by atoms with Gasteiger partial charge in [0, 0.05) is 27.8 Å². The Balaban J connectivity index is 1.25. The molecule has 4 nitrogen and oxygen atoms in total. The molecule has 0 spiro atoms. The zero-order valence-corrected chi connectivity index (χ0v) is 20.6. The van der Waals surface area contributed by atoms with E-state index in [1.165, 1.54) is 35.0 Å². The number of nitrogens with one attached hydrogen (secondary N) is 1. The fourth-order valence-electron chi connectivity index (χ4n) is 4.43. The highest BCUT2D eigenvalue weighted by Crippen LogP contribution is 2.44. The number of aldehydes is 1. The molecule has 4 aromatic carbocycles. The van der Waals surface area contributed by atoms with Crippen molar-refractivity contribution in [3.8, 4) is 11.1 Å². The highest BCUT2D eigenvalue weighted by atomic mass is 35.5. The van der Waals surface area contributed by atoms with Crippen LogP contribution in [0.2, 0.25) is 5.02 Å². The molecule has 0 heterocycles. The van der Waals surface area contributed by atoms with Gasteiger partial charge in [-0.05, 0) is 46.0 Å². The monoisotopic (exact) mass is 517 g/mol. The van der Waals surface area contributed by atoms with E-state index in [9.17, 15) is 14.0 Å².